The molecule has 0 aliphatic heterocycles. The van der Waals surface area contributed by atoms with Crippen molar-refractivity contribution in [3.63, 3.8) is 0 Å². The fraction of sp³-hybridized carbons (Fsp3) is 0.400. The van der Waals surface area contributed by atoms with Gasteiger partial charge in [0.05, 0.1) is 5.52 Å². The molecule has 0 saturated carbocycles. The average Bonchev–Trinajstić information content (AvgIpc) is 2.78. The number of nitrogens with one attached hydrogen (secondary N) is 1. The second-order valence-electron chi connectivity index (χ2n) is 5.43. The van der Waals surface area contributed by atoms with Crippen LogP contribution in [-0.2, 0) is 11.3 Å². The first kappa shape index (κ1) is 15.0. The number of carbonyl (C=O) groups is 2. The van der Waals surface area contributed by atoms with Gasteiger partial charge in [0, 0.05) is 11.4 Å². The van der Waals surface area contributed by atoms with Crippen molar-refractivity contribution in [1.82, 2.24) is 15.1 Å². The molecule has 0 aliphatic carbocycles. The Morgan fingerprint density at radius 2 is 1.95 bits per heavy atom. The fourth-order valence-corrected chi connectivity index (χ4v) is 2.01. The molecule has 0 bridgehead atoms. The van der Waals surface area contributed by atoms with E-state index in [1.807, 2.05) is 20.8 Å². The molecule has 0 aliphatic rings. The van der Waals surface area contributed by atoms with Gasteiger partial charge in [-0.2, -0.15) is 5.10 Å². The summed E-state index contributed by atoms with van der Waals surface area (Å²) < 4.78 is 1.43. The molecule has 1 atom stereocenters. The zero-order chi connectivity index (χ0) is 15.6. The maximum atomic E-state index is 12.0. The molecule has 6 heteroatoms. The summed E-state index contributed by atoms with van der Waals surface area (Å²) in [6, 6.07) is 7.05. The Hall–Kier alpha value is -2.37. The number of aromatic carboxylic acids is 1. The van der Waals surface area contributed by atoms with Crippen LogP contribution in [0, 0.1) is 5.92 Å². The van der Waals surface area contributed by atoms with Crippen LogP contribution < -0.4 is 5.32 Å². The average molecular weight is 289 g/mol. The van der Waals surface area contributed by atoms with Gasteiger partial charge in [0.15, 0.2) is 5.69 Å². The Morgan fingerprint density at radius 3 is 2.57 bits per heavy atom. The standard InChI is InChI=1S/C15H19N3O3/c1-9(2)10(3)16-13(19)8-18-12-7-5-4-6-11(12)14(17-18)15(20)21/h4-7,9-10H,8H2,1-3H3,(H,16,19)(H,20,21). The molecule has 2 rings (SSSR count). The van der Waals surface area contributed by atoms with E-state index in [2.05, 4.69) is 10.4 Å². The summed E-state index contributed by atoms with van der Waals surface area (Å²) in [5, 5.41) is 16.6. The van der Waals surface area contributed by atoms with Crippen molar-refractivity contribution in [2.24, 2.45) is 5.92 Å². The monoisotopic (exact) mass is 289 g/mol. The summed E-state index contributed by atoms with van der Waals surface area (Å²) in [5.41, 5.74) is 0.609. The Morgan fingerprint density at radius 1 is 1.29 bits per heavy atom. The Kier molecular flexibility index (Phi) is 4.26. The minimum absolute atomic E-state index is 0.00481. The molecule has 1 heterocycles. The van der Waals surface area contributed by atoms with Gasteiger partial charge in [-0.15, -0.1) is 0 Å². The minimum Gasteiger partial charge on any atom is -0.476 e. The molecule has 0 saturated heterocycles. The molecule has 2 N–H and O–H groups in total. The van der Waals surface area contributed by atoms with Crippen molar-refractivity contribution in [3.8, 4) is 0 Å². The van der Waals surface area contributed by atoms with Crippen LogP contribution >= 0.6 is 0 Å². The molecule has 0 spiro atoms. The number of carboxylic acids is 1. The number of benzene rings is 1. The summed E-state index contributed by atoms with van der Waals surface area (Å²) in [4.78, 5) is 23.2. The van der Waals surface area contributed by atoms with Crippen LogP contribution in [0.3, 0.4) is 0 Å². The van der Waals surface area contributed by atoms with E-state index < -0.39 is 5.97 Å². The van der Waals surface area contributed by atoms with E-state index in [1.54, 1.807) is 24.3 Å². The van der Waals surface area contributed by atoms with E-state index in [9.17, 15) is 14.7 Å². The van der Waals surface area contributed by atoms with Crippen LogP contribution in [0.15, 0.2) is 24.3 Å². The predicted octanol–water partition coefficient (Wildman–Crippen LogP) is 1.90. The van der Waals surface area contributed by atoms with Crippen molar-refractivity contribution >= 4 is 22.8 Å². The highest BCUT2D eigenvalue weighted by atomic mass is 16.4. The number of aromatic nitrogens is 2. The third-order valence-electron chi connectivity index (χ3n) is 3.54. The molecule has 1 aromatic carbocycles. The van der Waals surface area contributed by atoms with E-state index in [4.69, 9.17) is 0 Å². The van der Waals surface area contributed by atoms with Crippen molar-refractivity contribution < 1.29 is 14.7 Å². The Balaban J connectivity index is 2.27. The van der Waals surface area contributed by atoms with Crippen molar-refractivity contribution in [2.75, 3.05) is 0 Å². The molecule has 1 aromatic heterocycles. The van der Waals surface area contributed by atoms with Crippen LogP contribution in [0.2, 0.25) is 0 Å². The number of amides is 1. The van der Waals surface area contributed by atoms with Gasteiger partial charge in [-0.1, -0.05) is 32.0 Å². The lowest BCUT2D eigenvalue weighted by Crippen LogP contribution is -2.38. The van der Waals surface area contributed by atoms with E-state index in [-0.39, 0.29) is 24.2 Å². The summed E-state index contributed by atoms with van der Waals surface area (Å²) in [5.74, 6) is -0.944. The normalized spacial score (nSPS) is 12.6. The summed E-state index contributed by atoms with van der Waals surface area (Å²) in [6.07, 6.45) is 0. The second kappa shape index (κ2) is 5.95. The van der Waals surface area contributed by atoms with Crippen molar-refractivity contribution in [2.45, 2.75) is 33.4 Å². The Labute approximate surface area is 122 Å². The molecular weight excluding hydrogens is 270 g/mol. The summed E-state index contributed by atoms with van der Waals surface area (Å²) >= 11 is 0. The highest BCUT2D eigenvalue weighted by Crippen LogP contribution is 2.18. The van der Waals surface area contributed by atoms with Crippen LogP contribution in [0.1, 0.15) is 31.3 Å². The lowest BCUT2D eigenvalue weighted by Gasteiger charge is -2.17. The number of carbonyl (C=O) groups excluding carboxylic acids is 1. The highest BCUT2D eigenvalue weighted by molar-refractivity contribution is 6.01. The maximum Gasteiger partial charge on any atom is 0.357 e. The van der Waals surface area contributed by atoms with Crippen LogP contribution in [0.25, 0.3) is 10.9 Å². The first-order chi connectivity index (χ1) is 9.90. The highest BCUT2D eigenvalue weighted by Gasteiger charge is 2.18. The summed E-state index contributed by atoms with van der Waals surface area (Å²) in [7, 11) is 0. The van der Waals surface area contributed by atoms with E-state index in [1.165, 1.54) is 4.68 Å². The number of carboxylic acid groups (broad SMARTS) is 1. The van der Waals surface area contributed by atoms with Gasteiger partial charge in [-0.25, -0.2) is 4.79 Å². The number of nitrogens with zero attached hydrogens (tertiary/aromatic N) is 2. The van der Waals surface area contributed by atoms with E-state index >= 15 is 0 Å². The number of rotatable bonds is 5. The first-order valence-corrected chi connectivity index (χ1v) is 6.88. The maximum absolute atomic E-state index is 12.0. The Bertz CT molecular complexity index is 676. The molecule has 0 fully saturated rings. The zero-order valence-corrected chi connectivity index (χ0v) is 12.3. The molecule has 112 valence electrons. The topological polar surface area (TPSA) is 84.2 Å². The molecule has 1 unspecified atom stereocenters. The van der Waals surface area contributed by atoms with E-state index in [0.29, 0.717) is 16.8 Å². The van der Waals surface area contributed by atoms with Gasteiger partial charge in [0.25, 0.3) is 0 Å². The third kappa shape index (κ3) is 3.21. The van der Waals surface area contributed by atoms with E-state index in [0.717, 1.165) is 0 Å². The molecule has 0 radical (unpaired) electrons. The third-order valence-corrected chi connectivity index (χ3v) is 3.54. The molecule has 2 aromatic rings. The van der Waals surface area contributed by atoms with Gasteiger partial charge in [0.1, 0.15) is 6.54 Å². The number of hydrogen-bond donors (Lipinski definition) is 2. The van der Waals surface area contributed by atoms with Crippen LogP contribution in [-0.4, -0.2) is 32.8 Å². The molecule has 6 nitrogen and oxygen atoms in total. The van der Waals surface area contributed by atoms with Crippen molar-refractivity contribution in [1.29, 1.82) is 0 Å². The van der Waals surface area contributed by atoms with Gasteiger partial charge in [-0.05, 0) is 18.9 Å². The van der Waals surface area contributed by atoms with Crippen LogP contribution in [0.5, 0.6) is 0 Å². The molecule has 21 heavy (non-hydrogen) atoms. The lowest BCUT2D eigenvalue weighted by atomic mass is 10.1. The largest absolute Gasteiger partial charge is 0.476 e. The first-order valence-electron chi connectivity index (χ1n) is 6.88. The molecular formula is C15H19N3O3. The number of fused-ring (bicyclic) bond motifs is 1. The second-order valence-corrected chi connectivity index (χ2v) is 5.43. The van der Waals surface area contributed by atoms with Gasteiger partial charge in [0.2, 0.25) is 5.91 Å². The smallest absolute Gasteiger partial charge is 0.357 e. The molecule has 1 amide bonds. The SMILES string of the molecule is CC(C)C(C)NC(=O)Cn1nc(C(=O)O)c2ccccc21. The zero-order valence-electron chi connectivity index (χ0n) is 12.3. The lowest BCUT2D eigenvalue weighted by molar-refractivity contribution is -0.122. The number of para-hydroxylation sites is 1. The van der Waals surface area contributed by atoms with Gasteiger partial charge >= 0.3 is 5.97 Å². The summed E-state index contributed by atoms with van der Waals surface area (Å²) in [6.45, 7) is 5.99. The van der Waals surface area contributed by atoms with Gasteiger partial charge in [-0.3, -0.25) is 9.48 Å². The van der Waals surface area contributed by atoms with Crippen molar-refractivity contribution in [3.05, 3.63) is 30.0 Å². The minimum atomic E-state index is -1.10. The van der Waals surface area contributed by atoms with Gasteiger partial charge < -0.3 is 10.4 Å². The number of hydrogen-bond acceptors (Lipinski definition) is 3. The predicted molar refractivity (Wildman–Crippen MR) is 79.1 cm³/mol. The fourth-order valence-electron chi connectivity index (χ4n) is 2.01. The van der Waals surface area contributed by atoms with Crippen LogP contribution in [0.4, 0.5) is 0 Å². The quantitative estimate of drug-likeness (QED) is 0.880.